The van der Waals surface area contributed by atoms with Crippen molar-refractivity contribution in [1.29, 1.82) is 0 Å². The molecule has 0 bridgehead atoms. The van der Waals surface area contributed by atoms with Crippen LogP contribution < -0.4 is 14.9 Å². The number of benzene rings is 3. The second kappa shape index (κ2) is 9.64. The Morgan fingerprint density at radius 3 is 2.33 bits per heavy atom. The average molecular weight is 466 g/mol. The molecule has 1 heterocycles. The van der Waals surface area contributed by atoms with Gasteiger partial charge in [-0.15, -0.1) is 0 Å². The number of sulfonamides is 1. The molecule has 7 nitrogen and oxygen atoms in total. The maximum absolute atomic E-state index is 12.6. The Kier molecular flexibility index (Phi) is 6.67. The lowest BCUT2D eigenvalue weighted by atomic mass is 10.2. The number of nitrogens with zero attached hydrogens (tertiary/aromatic N) is 1. The summed E-state index contributed by atoms with van der Waals surface area (Å²) < 4.78 is 33.1. The Morgan fingerprint density at radius 1 is 1.00 bits per heavy atom. The lowest BCUT2D eigenvalue weighted by molar-refractivity contribution is 0.102. The van der Waals surface area contributed by atoms with E-state index in [0.717, 1.165) is 30.8 Å². The van der Waals surface area contributed by atoms with E-state index >= 15 is 0 Å². The molecule has 1 aliphatic heterocycles. The topological polar surface area (TPSA) is 87.7 Å². The highest BCUT2D eigenvalue weighted by molar-refractivity contribution is 7.92. The number of ether oxygens (including phenoxy) is 1. The number of nitrogens with one attached hydrogen (secondary N) is 2. The third-order valence-electron chi connectivity index (χ3n) is 5.67. The molecule has 3 aromatic rings. The van der Waals surface area contributed by atoms with Crippen LogP contribution in [0.25, 0.3) is 0 Å². The van der Waals surface area contributed by atoms with Crippen LogP contribution in [-0.2, 0) is 14.8 Å². The molecule has 1 aliphatic rings. The second-order valence-corrected chi connectivity index (χ2v) is 9.78. The first-order valence-electron chi connectivity index (χ1n) is 10.7. The van der Waals surface area contributed by atoms with Crippen molar-refractivity contribution in [3.8, 4) is 0 Å². The van der Waals surface area contributed by atoms with Gasteiger partial charge in [-0.25, -0.2) is 8.42 Å². The third-order valence-corrected chi connectivity index (χ3v) is 7.05. The Balaban J connectivity index is 1.37. The molecular weight excluding hydrogens is 438 g/mol. The van der Waals surface area contributed by atoms with Crippen LogP contribution in [0.3, 0.4) is 0 Å². The van der Waals surface area contributed by atoms with E-state index in [2.05, 4.69) is 14.9 Å². The molecule has 8 heteroatoms. The van der Waals surface area contributed by atoms with Crippen LogP contribution in [0, 0.1) is 6.92 Å². The van der Waals surface area contributed by atoms with Gasteiger partial charge in [0.15, 0.2) is 0 Å². The van der Waals surface area contributed by atoms with E-state index in [-0.39, 0.29) is 16.9 Å². The average Bonchev–Trinajstić information content (AvgIpc) is 3.29. The van der Waals surface area contributed by atoms with Gasteiger partial charge in [-0.05, 0) is 79.6 Å². The summed E-state index contributed by atoms with van der Waals surface area (Å²) in [6.07, 6.45) is 1.26. The Labute approximate surface area is 194 Å². The molecule has 1 fully saturated rings. The van der Waals surface area contributed by atoms with Gasteiger partial charge in [0.2, 0.25) is 0 Å². The highest BCUT2D eigenvalue weighted by atomic mass is 32.2. The zero-order valence-electron chi connectivity index (χ0n) is 18.6. The van der Waals surface area contributed by atoms with Gasteiger partial charge < -0.3 is 15.0 Å². The Hall–Kier alpha value is -3.36. The Morgan fingerprint density at radius 2 is 1.70 bits per heavy atom. The van der Waals surface area contributed by atoms with E-state index in [9.17, 15) is 13.2 Å². The number of aryl methyl sites for hydroxylation is 1. The monoisotopic (exact) mass is 465 g/mol. The minimum absolute atomic E-state index is 0.194. The predicted molar refractivity (Wildman–Crippen MR) is 130 cm³/mol. The molecule has 0 aliphatic carbocycles. The molecule has 0 saturated carbocycles. The molecule has 1 unspecified atom stereocenters. The molecule has 4 rings (SSSR count). The highest BCUT2D eigenvalue weighted by Gasteiger charge is 2.22. The molecular formula is C25H27N3O4S. The molecule has 1 atom stereocenters. The molecule has 1 saturated heterocycles. The zero-order valence-corrected chi connectivity index (χ0v) is 19.4. The predicted octanol–water partition coefficient (Wildman–Crippen LogP) is 4.27. The fourth-order valence-corrected chi connectivity index (χ4v) is 4.96. The molecule has 0 radical (unpaired) electrons. The summed E-state index contributed by atoms with van der Waals surface area (Å²) >= 11 is 0. The van der Waals surface area contributed by atoms with Crippen molar-refractivity contribution in [2.45, 2.75) is 24.3 Å². The van der Waals surface area contributed by atoms with Crippen LogP contribution >= 0.6 is 0 Å². The zero-order chi connectivity index (χ0) is 23.4. The largest absolute Gasteiger partial charge is 0.380 e. The van der Waals surface area contributed by atoms with Crippen molar-refractivity contribution in [2.24, 2.45) is 0 Å². The lowest BCUT2D eigenvalue weighted by Gasteiger charge is -2.18. The fraction of sp³-hybridized carbons (Fsp3) is 0.240. The van der Waals surface area contributed by atoms with Crippen molar-refractivity contribution in [2.75, 3.05) is 35.1 Å². The number of carbonyl (C=O) groups is 1. The van der Waals surface area contributed by atoms with Crippen molar-refractivity contribution in [1.82, 2.24) is 0 Å². The number of hydrogen-bond acceptors (Lipinski definition) is 5. The second-order valence-electron chi connectivity index (χ2n) is 8.09. The molecule has 1 amide bonds. The van der Waals surface area contributed by atoms with E-state index in [1.807, 2.05) is 37.3 Å². The van der Waals surface area contributed by atoms with Crippen molar-refractivity contribution >= 4 is 33.0 Å². The van der Waals surface area contributed by atoms with Gasteiger partial charge in [-0.1, -0.05) is 12.1 Å². The van der Waals surface area contributed by atoms with Gasteiger partial charge in [0.05, 0.1) is 11.0 Å². The highest BCUT2D eigenvalue weighted by Crippen LogP contribution is 2.24. The van der Waals surface area contributed by atoms with Crippen LogP contribution in [0.2, 0.25) is 0 Å². The first-order valence-corrected chi connectivity index (χ1v) is 12.2. The van der Waals surface area contributed by atoms with Gasteiger partial charge >= 0.3 is 0 Å². The summed E-state index contributed by atoms with van der Waals surface area (Å²) in [4.78, 5) is 15.1. The first-order chi connectivity index (χ1) is 15.8. The van der Waals surface area contributed by atoms with Gasteiger partial charge in [-0.2, -0.15) is 0 Å². The van der Waals surface area contributed by atoms with E-state index in [1.54, 1.807) is 49.6 Å². The molecule has 0 aromatic heterocycles. The number of amides is 1. The fourth-order valence-electron chi connectivity index (χ4n) is 3.80. The van der Waals surface area contributed by atoms with Crippen molar-refractivity contribution in [3.05, 3.63) is 83.9 Å². The van der Waals surface area contributed by atoms with E-state index < -0.39 is 10.0 Å². The van der Waals surface area contributed by atoms with E-state index in [1.165, 1.54) is 0 Å². The minimum Gasteiger partial charge on any atom is -0.380 e. The summed E-state index contributed by atoms with van der Waals surface area (Å²) in [6.45, 7) is 3.65. The Bertz CT molecular complexity index is 1230. The van der Waals surface area contributed by atoms with Crippen molar-refractivity contribution in [3.63, 3.8) is 0 Å². The lowest BCUT2D eigenvalue weighted by Crippen LogP contribution is -2.22. The SMILES string of the molecule is COC1CCN(c2ccc(NC(=O)c3ccc(NS(=O)(=O)c4cccc(C)c4)cc3)cc2)C1. The maximum Gasteiger partial charge on any atom is 0.261 e. The van der Waals surface area contributed by atoms with Crippen LogP contribution in [-0.4, -0.2) is 40.6 Å². The minimum atomic E-state index is -3.70. The van der Waals surface area contributed by atoms with Gasteiger partial charge in [0.25, 0.3) is 15.9 Å². The van der Waals surface area contributed by atoms with Crippen LogP contribution in [0.1, 0.15) is 22.3 Å². The number of carbonyl (C=O) groups excluding carboxylic acids is 1. The number of methoxy groups -OCH3 is 1. The summed E-state index contributed by atoms with van der Waals surface area (Å²) in [6, 6.07) is 20.7. The number of anilines is 3. The van der Waals surface area contributed by atoms with Crippen LogP contribution in [0.15, 0.2) is 77.7 Å². The summed E-state index contributed by atoms with van der Waals surface area (Å²) in [5.41, 5.74) is 3.46. The van der Waals surface area contributed by atoms with Gasteiger partial charge in [0.1, 0.15) is 0 Å². The third kappa shape index (κ3) is 5.53. The molecule has 2 N–H and O–H groups in total. The molecule has 33 heavy (non-hydrogen) atoms. The first kappa shape index (κ1) is 22.8. The maximum atomic E-state index is 12.6. The van der Waals surface area contributed by atoms with Gasteiger partial charge in [-0.3, -0.25) is 9.52 Å². The summed E-state index contributed by atoms with van der Waals surface area (Å²) in [5.74, 6) is -0.267. The summed E-state index contributed by atoms with van der Waals surface area (Å²) in [7, 11) is -1.96. The van der Waals surface area contributed by atoms with Crippen LogP contribution in [0.5, 0.6) is 0 Å². The molecule has 172 valence electrons. The van der Waals surface area contributed by atoms with Crippen LogP contribution in [0.4, 0.5) is 17.1 Å². The van der Waals surface area contributed by atoms with E-state index in [0.29, 0.717) is 16.9 Å². The van der Waals surface area contributed by atoms with Crippen molar-refractivity contribution < 1.29 is 17.9 Å². The van der Waals surface area contributed by atoms with Gasteiger partial charge in [0, 0.05) is 42.8 Å². The summed E-state index contributed by atoms with van der Waals surface area (Å²) in [5, 5.41) is 2.87. The smallest absolute Gasteiger partial charge is 0.261 e. The number of rotatable bonds is 7. The quantitative estimate of drug-likeness (QED) is 0.544. The standard InChI is InChI=1S/C25H27N3O4S/c1-18-4-3-5-24(16-18)33(30,31)27-21-8-6-19(7-9-21)25(29)26-20-10-12-22(13-11-20)28-15-14-23(17-28)32-2/h3-13,16,23,27H,14-15,17H2,1-2H3,(H,26,29). The molecule has 3 aromatic carbocycles. The van der Waals surface area contributed by atoms with E-state index in [4.69, 9.17) is 4.74 Å². The normalized spacial score (nSPS) is 15.9. The number of hydrogen-bond donors (Lipinski definition) is 2. The molecule has 0 spiro atoms.